The molecule has 7 heteroatoms. The molecule has 0 aliphatic carbocycles. The summed E-state index contributed by atoms with van der Waals surface area (Å²) in [5.41, 5.74) is 1.01. The highest BCUT2D eigenvalue weighted by Gasteiger charge is 2.37. The van der Waals surface area contributed by atoms with Gasteiger partial charge < -0.3 is 10.0 Å². The molecule has 3 atom stereocenters. The standard InChI is InChI=1S/C19H23FN4OS/c1-11-8-12(2)10-23(9-11)16(14-4-6-15(20)7-5-14)17-18(25)24-19(26-17)21-13(3)22-24/h4-7,11-12,16,25H,8-10H2,1-3H3/p+1/t11-,12-,16+/m0/s1. The van der Waals surface area contributed by atoms with Gasteiger partial charge in [-0.3, -0.25) is 0 Å². The van der Waals surface area contributed by atoms with E-state index in [1.807, 2.05) is 19.1 Å². The zero-order valence-corrected chi connectivity index (χ0v) is 16.1. The van der Waals surface area contributed by atoms with E-state index in [-0.39, 0.29) is 17.7 Å². The van der Waals surface area contributed by atoms with Crippen LogP contribution in [0.15, 0.2) is 24.3 Å². The van der Waals surface area contributed by atoms with Crippen molar-refractivity contribution in [3.05, 3.63) is 46.3 Å². The van der Waals surface area contributed by atoms with E-state index in [1.165, 1.54) is 39.3 Å². The molecule has 1 aromatic carbocycles. The second kappa shape index (κ2) is 6.63. The number of rotatable bonds is 3. The fourth-order valence-corrected chi connectivity index (χ4v) is 5.52. The Labute approximate surface area is 156 Å². The summed E-state index contributed by atoms with van der Waals surface area (Å²) in [7, 11) is 0. The quantitative estimate of drug-likeness (QED) is 0.740. The minimum atomic E-state index is -0.245. The molecule has 2 N–H and O–H groups in total. The Bertz CT molecular complexity index is 910. The van der Waals surface area contributed by atoms with Crippen molar-refractivity contribution in [2.45, 2.75) is 33.2 Å². The summed E-state index contributed by atoms with van der Waals surface area (Å²) >= 11 is 1.47. The lowest BCUT2D eigenvalue weighted by Crippen LogP contribution is -3.14. The van der Waals surface area contributed by atoms with Crippen LogP contribution in [0.5, 0.6) is 5.88 Å². The molecular formula is C19H24FN4OS+. The average Bonchev–Trinajstić information content (AvgIpc) is 3.07. The zero-order chi connectivity index (χ0) is 18.4. The molecule has 1 aliphatic rings. The van der Waals surface area contributed by atoms with Crippen molar-refractivity contribution in [1.29, 1.82) is 0 Å². The van der Waals surface area contributed by atoms with Crippen LogP contribution in [0, 0.1) is 24.6 Å². The molecule has 1 aliphatic heterocycles. The van der Waals surface area contributed by atoms with Crippen molar-refractivity contribution in [3.63, 3.8) is 0 Å². The van der Waals surface area contributed by atoms with Gasteiger partial charge in [0.25, 0.3) is 0 Å². The number of fused-ring (bicyclic) bond motifs is 1. The van der Waals surface area contributed by atoms with Crippen molar-refractivity contribution >= 4 is 16.3 Å². The van der Waals surface area contributed by atoms with E-state index in [0.29, 0.717) is 22.6 Å². The maximum Gasteiger partial charge on any atom is 0.235 e. The van der Waals surface area contributed by atoms with E-state index in [1.54, 1.807) is 0 Å². The normalized spacial score (nSPS) is 24.8. The van der Waals surface area contributed by atoms with Gasteiger partial charge in [0.2, 0.25) is 10.8 Å². The first-order chi connectivity index (χ1) is 12.4. The van der Waals surface area contributed by atoms with Crippen molar-refractivity contribution < 1.29 is 14.4 Å². The minimum absolute atomic E-state index is 0.0467. The SMILES string of the molecule is Cc1nc2sc([C@@H](c3ccc(F)cc3)[NH+]3C[C@@H](C)C[C@H](C)C3)c(O)n2n1. The largest absolute Gasteiger partial charge is 0.492 e. The van der Waals surface area contributed by atoms with Crippen LogP contribution in [0.2, 0.25) is 0 Å². The molecule has 5 nitrogen and oxygen atoms in total. The number of likely N-dealkylation sites (tertiary alicyclic amines) is 1. The molecule has 1 saturated heterocycles. The number of aromatic hydroxyl groups is 1. The highest BCUT2D eigenvalue weighted by atomic mass is 32.1. The number of benzene rings is 1. The molecule has 1 fully saturated rings. The number of hydrogen-bond acceptors (Lipinski definition) is 4. The summed E-state index contributed by atoms with van der Waals surface area (Å²) in [6, 6.07) is 6.61. The Morgan fingerprint density at radius 2 is 1.88 bits per heavy atom. The summed E-state index contributed by atoms with van der Waals surface area (Å²) in [4.78, 5) is 7.35. The lowest BCUT2D eigenvalue weighted by atomic mass is 9.89. The van der Waals surface area contributed by atoms with Crippen LogP contribution >= 0.6 is 11.3 Å². The van der Waals surface area contributed by atoms with Gasteiger partial charge in [0.1, 0.15) is 16.5 Å². The molecule has 3 aromatic rings. The van der Waals surface area contributed by atoms with Crippen molar-refractivity contribution in [2.24, 2.45) is 11.8 Å². The Morgan fingerprint density at radius 3 is 2.50 bits per heavy atom. The molecule has 3 heterocycles. The van der Waals surface area contributed by atoms with Gasteiger partial charge in [-0.2, -0.15) is 4.52 Å². The third-order valence-electron chi connectivity index (χ3n) is 5.21. The monoisotopic (exact) mass is 375 g/mol. The molecule has 2 aromatic heterocycles. The van der Waals surface area contributed by atoms with Gasteiger partial charge >= 0.3 is 0 Å². The van der Waals surface area contributed by atoms with Crippen LogP contribution in [0.1, 0.15) is 42.6 Å². The van der Waals surface area contributed by atoms with Crippen LogP contribution in [-0.4, -0.2) is 32.8 Å². The molecule has 0 bridgehead atoms. The predicted molar refractivity (Wildman–Crippen MR) is 99.2 cm³/mol. The molecule has 138 valence electrons. The number of nitrogens with one attached hydrogen (secondary N) is 1. The van der Waals surface area contributed by atoms with Gasteiger partial charge in [-0.1, -0.05) is 25.2 Å². The third kappa shape index (κ3) is 3.10. The smallest absolute Gasteiger partial charge is 0.235 e. The topological polar surface area (TPSA) is 54.9 Å². The second-order valence-electron chi connectivity index (χ2n) is 7.64. The maximum atomic E-state index is 13.5. The summed E-state index contributed by atoms with van der Waals surface area (Å²) in [5, 5.41) is 15.1. The van der Waals surface area contributed by atoms with E-state index in [0.717, 1.165) is 23.5 Å². The van der Waals surface area contributed by atoms with Gasteiger partial charge in [-0.15, -0.1) is 5.10 Å². The van der Waals surface area contributed by atoms with Crippen LogP contribution in [0.25, 0.3) is 4.96 Å². The highest BCUT2D eigenvalue weighted by Crippen LogP contribution is 2.35. The Balaban J connectivity index is 1.82. The Kier molecular flexibility index (Phi) is 4.44. The molecule has 0 amide bonds. The Morgan fingerprint density at radius 1 is 1.23 bits per heavy atom. The number of aryl methyl sites for hydroxylation is 1. The van der Waals surface area contributed by atoms with E-state index >= 15 is 0 Å². The van der Waals surface area contributed by atoms with Crippen LogP contribution < -0.4 is 4.90 Å². The van der Waals surface area contributed by atoms with Crippen LogP contribution in [-0.2, 0) is 0 Å². The van der Waals surface area contributed by atoms with Crippen LogP contribution in [0.3, 0.4) is 0 Å². The predicted octanol–water partition coefficient (Wildman–Crippen LogP) is 2.59. The maximum absolute atomic E-state index is 13.5. The zero-order valence-electron chi connectivity index (χ0n) is 15.2. The van der Waals surface area contributed by atoms with Gasteiger partial charge in [0, 0.05) is 17.4 Å². The molecule has 0 unspecified atom stereocenters. The first kappa shape index (κ1) is 17.4. The summed E-state index contributed by atoms with van der Waals surface area (Å²) in [6.07, 6.45) is 1.22. The van der Waals surface area contributed by atoms with E-state index < -0.39 is 0 Å². The van der Waals surface area contributed by atoms with E-state index in [9.17, 15) is 9.50 Å². The van der Waals surface area contributed by atoms with E-state index in [2.05, 4.69) is 23.9 Å². The van der Waals surface area contributed by atoms with Gasteiger partial charge in [0.15, 0.2) is 6.04 Å². The fraction of sp³-hybridized carbons (Fsp3) is 0.474. The molecular weight excluding hydrogens is 351 g/mol. The molecule has 4 rings (SSSR count). The summed E-state index contributed by atoms with van der Waals surface area (Å²) < 4.78 is 15.0. The lowest BCUT2D eigenvalue weighted by molar-refractivity contribution is -0.936. The van der Waals surface area contributed by atoms with Gasteiger partial charge in [-0.25, -0.2) is 9.37 Å². The minimum Gasteiger partial charge on any atom is -0.492 e. The number of nitrogens with zero attached hydrogens (tertiary/aromatic N) is 3. The highest BCUT2D eigenvalue weighted by molar-refractivity contribution is 7.17. The molecule has 0 spiro atoms. The number of halogens is 1. The second-order valence-corrected chi connectivity index (χ2v) is 8.65. The molecule has 0 saturated carbocycles. The summed E-state index contributed by atoms with van der Waals surface area (Å²) in [5.74, 6) is 1.78. The van der Waals surface area contributed by atoms with Crippen molar-refractivity contribution in [3.8, 4) is 5.88 Å². The fourth-order valence-electron chi connectivity index (χ4n) is 4.33. The van der Waals surface area contributed by atoms with Gasteiger partial charge in [-0.05, 0) is 37.6 Å². The first-order valence-corrected chi connectivity index (χ1v) is 9.89. The number of quaternary nitrogens is 1. The van der Waals surface area contributed by atoms with Gasteiger partial charge in [0.05, 0.1) is 13.1 Å². The van der Waals surface area contributed by atoms with Crippen LogP contribution in [0.4, 0.5) is 4.39 Å². The molecule has 26 heavy (non-hydrogen) atoms. The lowest BCUT2D eigenvalue weighted by Gasteiger charge is -2.37. The number of aromatic nitrogens is 3. The number of piperidine rings is 1. The van der Waals surface area contributed by atoms with Crippen molar-refractivity contribution in [2.75, 3.05) is 13.1 Å². The third-order valence-corrected chi connectivity index (χ3v) is 6.29. The Hall–Kier alpha value is -1.99. The first-order valence-electron chi connectivity index (χ1n) is 9.07. The van der Waals surface area contributed by atoms with Crippen molar-refractivity contribution in [1.82, 2.24) is 14.6 Å². The number of hydrogen-bond donors (Lipinski definition) is 2. The average molecular weight is 375 g/mol. The molecule has 0 radical (unpaired) electrons. The number of thiazole rings is 1. The van der Waals surface area contributed by atoms with E-state index in [4.69, 9.17) is 0 Å². The summed E-state index contributed by atoms with van der Waals surface area (Å²) in [6.45, 7) is 8.43.